The van der Waals surface area contributed by atoms with Crippen molar-refractivity contribution in [2.75, 3.05) is 13.1 Å². The lowest BCUT2D eigenvalue weighted by atomic mass is 9.53. The van der Waals surface area contributed by atoms with Crippen LogP contribution in [-0.2, 0) is 4.79 Å². The van der Waals surface area contributed by atoms with Crippen LogP contribution >= 0.6 is 11.3 Å². The first-order valence-electron chi connectivity index (χ1n) is 12.5. The van der Waals surface area contributed by atoms with Crippen LogP contribution in [0.3, 0.4) is 0 Å². The Morgan fingerprint density at radius 2 is 1.88 bits per heavy atom. The molecule has 0 radical (unpaired) electrons. The molecule has 4 aliphatic carbocycles. The molecule has 1 aliphatic heterocycles. The van der Waals surface area contributed by atoms with Crippen LogP contribution in [-0.4, -0.2) is 45.3 Å². The second-order valence-corrected chi connectivity index (χ2v) is 12.0. The fraction of sp³-hybridized carbons (Fsp3) is 0.615. The molecule has 6 nitrogen and oxygen atoms in total. The van der Waals surface area contributed by atoms with Gasteiger partial charge in [0.2, 0.25) is 5.91 Å². The summed E-state index contributed by atoms with van der Waals surface area (Å²) in [5, 5.41) is 4.35. The summed E-state index contributed by atoms with van der Waals surface area (Å²) in [6, 6.07) is 3.84. The Morgan fingerprint density at radius 1 is 1.15 bits per heavy atom. The van der Waals surface area contributed by atoms with E-state index in [1.54, 1.807) is 12.4 Å². The zero-order valence-electron chi connectivity index (χ0n) is 19.3. The van der Waals surface area contributed by atoms with E-state index in [0.717, 1.165) is 66.1 Å². The fourth-order valence-corrected chi connectivity index (χ4v) is 8.38. The van der Waals surface area contributed by atoms with E-state index in [2.05, 4.69) is 15.3 Å². The van der Waals surface area contributed by atoms with Crippen molar-refractivity contribution in [2.45, 2.75) is 63.8 Å². The third-order valence-corrected chi connectivity index (χ3v) is 9.60. The van der Waals surface area contributed by atoms with E-state index in [1.807, 2.05) is 24.0 Å². The van der Waals surface area contributed by atoms with Crippen LogP contribution < -0.4 is 5.32 Å². The highest BCUT2D eigenvalue weighted by atomic mass is 32.1. The molecule has 7 rings (SSSR count). The van der Waals surface area contributed by atoms with Crippen LogP contribution in [0.1, 0.15) is 66.7 Å². The lowest BCUT2D eigenvalue weighted by Gasteiger charge is -2.57. The zero-order chi connectivity index (χ0) is 22.6. The Bertz CT molecular complexity index is 1030. The van der Waals surface area contributed by atoms with Crippen molar-refractivity contribution in [2.24, 2.45) is 23.7 Å². The van der Waals surface area contributed by atoms with Crippen LogP contribution in [0.2, 0.25) is 0 Å². The molecule has 5 aliphatic rings. The van der Waals surface area contributed by atoms with Crippen LogP contribution in [0, 0.1) is 30.6 Å². The van der Waals surface area contributed by atoms with Gasteiger partial charge in [-0.2, -0.15) is 0 Å². The standard InChI is InChI=1S/C26H32N4O2S/c1-16-22(33-24(28-16)20-4-2-6-27-14-20)25(32)30-7-3-5-21(15-30)23(31)29-26-11-17-8-18(12-26)10-19(9-17)13-26/h2,4,6,14,17-19,21H,3,5,7-13,15H2,1H3,(H,29,31). The number of aryl methyl sites for hydroxylation is 1. The minimum Gasteiger partial charge on any atom is -0.350 e. The van der Waals surface area contributed by atoms with Gasteiger partial charge in [-0.3, -0.25) is 14.6 Å². The van der Waals surface area contributed by atoms with E-state index in [0.29, 0.717) is 18.0 Å². The van der Waals surface area contributed by atoms with Gasteiger partial charge in [0.25, 0.3) is 5.91 Å². The first-order valence-corrected chi connectivity index (χ1v) is 13.3. The lowest BCUT2D eigenvalue weighted by Crippen LogP contribution is -2.61. The van der Waals surface area contributed by atoms with Crippen molar-refractivity contribution >= 4 is 23.2 Å². The van der Waals surface area contributed by atoms with Crippen molar-refractivity contribution in [3.63, 3.8) is 0 Å². The largest absolute Gasteiger partial charge is 0.350 e. The number of amides is 2. The summed E-state index contributed by atoms with van der Waals surface area (Å²) < 4.78 is 0. The molecule has 2 amide bonds. The van der Waals surface area contributed by atoms with Crippen molar-refractivity contribution in [1.82, 2.24) is 20.2 Å². The second kappa shape index (κ2) is 8.19. The van der Waals surface area contributed by atoms with Gasteiger partial charge >= 0.3 is 0 Å². The number of hydrogen-bond acceptors (Lipinski definition) is 5. The molecule has 1 atom stereocenters. The van der Waals surface area contributed by atoms with Crippen molar-refractivity contribution < 1.29 is 9.59 Å². The average molecular weight is 465 g/mol. The molecule has 2 aromatic rings. The van der Waals surface area contributed by atoms with E-state index in [4.69, 9.17) is 0 Å². The number of rotatable bonds is 4. The first kappa shape index (κ1) is 21.3. The van der Waals surface area contributed by atoms with Gasteiger partial charge in [0.05, 0.1) is 11.6 Å². The molecule has 3 heterocycles. The summed E-state index contributed by atoms with van der Waals surface area (Å²) >= 11 is 1.43. The average Bonchev–Trinajstić information content (AvgIpc) is 3.19. The molecule has 5 fully saturated rings. The van der Waals surface area contributed by atoms with E-state index in [-0.39, 0.29) is 23.3 Å². The van der Waals surface area contributed by atoms with Crippen molar-refractivity contribution in [3.8, 4) is 10.6 Å². The fourth-order valence-electron chi connectivity index (χ4n) is 7.35. The highest BCUT2D eigenvalue weighted by Crippen LogP contribution is 2.55. The smallest absolute Gasteiger partial charge is 0.265 e. The van der Waals surface area contributed by atoms with E-state index in [9.17, 15) is 9.59 Å². The molecule has 1 unspecified atom stereocenters. The van der Waals surface area contributed by atoms with E-state index >= 15 is 0 Å². The molecule has 4 saturated carbocycles. The SMILES string of the molecule is Cc1nc(-c2cccnc2)sc1C(=O)N1CCCC(C(=O)NC23CC4CC(CC(C4)C2)C3)C1. The molecule has 7 heteroatoms. The van der Waals surface area contributed by atoms with Gasteiger partial charge in [-0.15, -0.1) is 11.3 Å². The van der Waals surface area contributed by atoms with Gasteiger partial charge in [0.15, 0.2) is 0 Å². The summed E-state index contributed by atoms with van der Waals surface area (Å²) in [4.78, 5) is 38.1. The van der Waals surface area contributed by atoms with Crippen molar-refractivity contribution in [1.29, 1.82) is 0 Å². The second-order valence-electron chi connectivity index (χ2n) is 11.0. The summed E-state index contributed by atoms with van der Waals surface area (Å²) in [7, 11) is 0. The minimum atomic E-state index is -0.110. The minimum absolute atomic E-state index is 0.00689. The normalized spacial score (nSPS) is 32.7. The quantitative estimate of drug-likeness (QED) is 0.725. The summed E-state index contributed by atoms with van der Waals surface area (Å²) in [5.74, 6) is 2.50. The van der Waals surface area contributed by atoms with Crippen LogP contribution in [0.15, 0.2) is 24.5 Å². The number of carbonyl (C=O) groups is 2. The third kappa shape index (κ3) is 3.98. The highest BCUT2D eigenvalue weighted by molar-refractivity contribution is 7.17. The predicted molar refractivity (Wildman–Crippen MR) is 128 cm³/mol. The first-order chi connectivity index (χ1) is 16.0. The van der Waals surface area contributed by atoms with Gasteiger partial charge in [-0.05, 0) is 88.2 Å². The molecule has 0 aromatic carbocycles. The Balaban J connectivity index is 1.14. The van der Waals surface area contributed by atoms with E-state index < -0.39 is 0 Å². The number of likely N-dealkylation sites (tertiary alicyclic amines) is 1. The molecule has 33 heavy (non-hydrogen) atoms. The number of piperidine rings is 1. The summed E-state index contributed by atoms with van der Waals surface area (Å²) in [6.45, 7) is 3.11. The number of hydrogen-bond donors (Lipinski definition) is 1. The van der Waals surface area contributed by atoms with Crippen LogP contribution in [0.25, 0.3) is 10.6 Å². The molecule has 1 saturated heterocycles. The maximum Gasteiger partial charge on any atom is 0.265 e. The van der Waals surface area contributed by atoms with Gasteiger partial charge in [-0.1, -0.05) is 0 Å². The van der Waals surface area contributed by atoms with E-state index in [1.165, 1.54) is 30.6 Å². The molecular formula is C26H32N4O2S. The lowest BCUT2D eigenvalue weighted by molar-refractivity contribution is -0.132. The Kier molecular flexibility index (Phi) is 5.28. The Labute approximate surface area is 199 Å². The number of thiazole rings is 1. The summed E-state index contributed by atoms with van der Waals surface area (Å²) in [5.41, 5.74) is 1.71. The Morgan fingerprint density at radius 3 is 2.55 bits per heavy atom. The molecular weight excluding hydrogens is 432 g/mol. The predicted octanol–water partition coefficient (Wildman–Crippen LogP) is 4.45. The molecule has 0 spiro atoms. The number of nitrogens with zero attached hydrogens (tertiary/aromatic N) is 3. The van der Waals surface area contributed by atoms with Gasteiger partial charge in [-0.25, -0.2) is 4.98 Å². The monoisotopic (exact) mass is 464 g/mol. The molecule has 4 bridgehead atoms. The molecule has 1 N–H and O–H groups in total. The number of carbonyl (C=O) groups excluding carboxylic acids is 2. The molecule has 2 aromatic heterocycles. The maximum atomic E-state index is 13.4. The topological polar surface area (TPSA) is 75.2 Å². The van der Waals surface area contributed by atoms with Gasteiger partial charge < -0.3 is 10.2 Å². The number of aromatic nitrogens is 2. The third-order valence-electron chi connectivity index (χ3n) is 8.41. The highest BCUT2D eigenvalue weighted by Gasteiger charge is 2.52. The van der Waals surface area contributed by atoms with Crippen LogP contribution in [0.5, 0.6) is 0 Å². The van der Waals surface area contributed by atoms with Crippen molar-refractivity contribution in [3.05, 3.63) is 35.1 Å². The number of nitrogens with one attached hydrogen (secondary N) is 1. The zero-order valence-corrected chi connectivity index (χ0v) is 20.1. The summed E-state index contributed by atoms with van der Waals surface area (Å²) in [6.07, 6.45) is 12.9. The van der Waals surface area contributed by atoms with Crippen LogP contribution in [0.4, 0.5) is 0 Å². The van der Waals surface area contributed by atoms with Gasteiger partial charge in [0.1, 0.15) is 9.88 Å². The maximum absolute atomic E-state index is 13.4. The molecule has 174 valence electrons. The Hall–Kier alpha value is -2.28. The van der Waals surface area contributed by atoms with Gasteiger partial charge in [0, 0.05) is 36.6 Å². The number of pyridine rings is 1.